The van der Waals surface area contributed by atoms with E-state index < -0.39 is 5.54 Å². The Balaban J connectivity index is 0.00000264. The maximum atomic E-state index is 12.3. The van der Waals surface area contributed by atoms with Crippen molar-refractivity contribution in [3.8, 4) is 0 Å². The molecule has 0 radical (unpaired) electrons. The normalized spacial score (nSPS) is 13.3. The molecule has 0 saturated heterocycles. The fourth-order valence-corrected chi connectivity index (χ4v) is 2.00. The number of halogens is 1. The number of aromatic nitrogens is 3. The lowest BCUT2D eigenvalue weighted by Crippen LogP contribution is -2.55. The van der Waals surface area contributed by atoms with Crippen LogP contribution < -0.4 is 11.1 Å². The molecule has 23 heavy (non-hydrogen) atoms. The third kappa shape index (κ3) is 4.77. The van der Waals surface area contributed by atoms with E-state index in [0.717, 1.165) is 5.56 Å². The molecule has 0 aliphatic heterocycles. The quantitative estimate of drug-likeness (QED) is 0.842. The van der Waals surface area contributed by atoms with E-state index in [1.54, 1.807) is 10.9 Å². The Morgan fingerprint density at radius 1 is 1.35 bits per heavy atom. The van der Waals surface area contributed by atoms with Gasteiger partial charge in [0.25, 0.3) is 5.91 Å². The van der Waals surface area contributed by atoms with Crippen LogP contribution in [0.5, 0.6) is 0 Å². The van der Waals surface area contributed by atoms with Crippen LogP contribution in [-0.2, 0) is 6.54 Å². The maximum Gasteiger partial charge on any atom is 0.273 e. The van der Waals surface area contributed by atoms with Crippen molar-refractivity contribution in [3.05, 3.63) is 47.8 Å². The van der Waals surface area contributed by atoms with Crippen LogP contribution in [0.3, 0.4) is 0 Å². The monoisotopic (exact) mass is 337 g/mol. The molecule has 0 bridgehead atoms. The Labute approximate surface area is 142 Å². The van der Waals surface area contributed by atoms with Crippen molar-refractivity contribution in [1.29, 1.82) is 0 Å². The zero-order valence-electron chi connectivity index (χ0n) is 13.7. The maximum absolute atomic E-state index is 12.3. The van der Waals surface area contributed by atoms with Crippen molar-refractivity contribution < 1.29 is 4.79 Å². The molecule has 7 heteroatoms. The van der Waals surface area contributed by atoms with E-state index in [4.69, 9.17) is 5.73 Å². The molecular weight excluding hydrogens is 314 g/mol. The van der Waals surface area contributed by atoms with Crippen LogP contribution in [0.25, 0.3) is 0 Å². The van der Waals surface area contributed by atoms with Crippen molar-refractivity contribution in [1.82, 2.24) is 20.3 Å². The molecule has 0 spiro atoms. The standard InChI is InChI=1S/C16H23N5O.ClH/c1-12(2)16(3,11-17)18-15(22)14-10-21(20-19-14)9-13-7-5-4-6-8-13;/h4-8,10,12H,9,11,17H2,1-3H3,(H,18,22);1H. The summed E-state index contributed by atoms with van der Waals surface area (Å²) in [5.74, 6) is -0.0261. The second-order valence-electron chi connectivity index (χ2n) is 6.02. The van der Waals surface area contributed by atoms with E-state index in [2.05, 4.69) is 15.6 Å². The van der Waals surface area contributed by atoms with Gasteiger partial charge in [-0.05, 0) is 18.4 Å². The number of carbonyl (C=O) groups excluding carboxylic acids is 1. The third-order valence-corrected chi connectivity index (χ3v) is 4.06. The highest BCUT2D eigenvalue weighted by Crippen LogP contribution is 2.15. The lowest BCUT2D eigenvalue weighted by molar-refractivity contribution is 0.0878. The minimum Gasteiger partial charge on any atom is -0.344 e. The minimum atomic E-state index is -0.458. The van der Waals surface area contributed by atoms with Gasteiger partial charge in [-0.3, -0.25) is 4.79 Å². The van der Waals surface area contributed by atoms with Gasteiger partial charge < -0.3 is 11.1 Å². The summed E-state index contributed by atoms with van der Waals surface area (Å²) in [6.45, 7) is 6.94. The highest BCUT2D eigenvalue weighted by molar-refractivity contribution is 5.92. The fraction of sp³-hybridized carbons (Fsp3) is 0.438. The molecule has 0 fully saturated rings. The predicted molar refractivity (Wildman–Crippen MR) is 92.6 cm³/mol. The van der Waals surface area contributed by atoms with Gasteiger partial charge in [0.15, 0.2) is 5.69 Å². The molecule has 1 amide bonds. The average Bonchev–Trinajstić information content (AvgIpc) is 2.96. The Bertz CT molecular complexity index is 628. The summed E-state index contributed by atoms with van der Waals surface area (Å²) in [5.41, 5.74) is 6.73. The SMILES string of the molecule is CC(C)C(C)(CN)NC(=O)c1cn(Cc2ccccc2)nn1.Cl. The number of nitrogens with one attached hydrogen (secondary N) is 1. The van der Waals surface area contributed by atoms with Crippen LogP contribution in [0.2, 0.25) is 0 Å². The molecule has 1 unspecified atom stereocenters. The highest BCUT2D eigenvalue weighted by atomic mass is 35.5. The Morgan fingerprint density at radius 3 is 2.57 bits per heavy atom. The highest BCUT2D eigenvalue weighted by Gasteiger charge is 2.29. The fourth-order valence-electron chi connectivity index (χ4n) is 2.00. The van der Waals surface area contributed by atoms with Crippen LogP contribution in [-0.4, -0.2) is 33.0 Å². The van der Waals surface area contributed by atoms with Crippen molar-refractivity contribution in [2.45, 2.75) is 32.9 Å². The Morgan fingerprint density at radius 2 is 2.00 bits per heavy atom. The van der Waals surface area contributed by atoms with Crippen LogP contribution in [0.15, 0.2) is 36.5 Å². The van der Waals surface area contributed by atoms with Crippen LogP contribution in [0.4, 0.5) is 0 Å². The number of benzene rings is 1. The first kappa shape index (κ1) is 19.1. The molecule has 2 aromatic rings. The number of hydrogen-bond acceptors (Lipinski definition) is 4. The summed E-state index contributed by atoms with van der Waals surface area (Å²) in [4.78, 5) is 12.3. The minimum absolute atomic E-state index is 0. The van der Waals surface area contributed by atoms with Crippen LogP contribution >= 0.6 is 12.4 Å². The van der Waals surface area contributed by atoms with Gasteiger partial charge in [0.2, 0.25) is 0 Å². The molecule has 0 aliphatic carbocycles. The number of hydrogen-bond donors (Lipinski definition) is 2. The average molecular weight is 338 g/mol. The van der Waals surface area contributed by atoms with Gasteiger partial charge >= 0.3 is 0 Å². The van der Waals surface area contributed by atoms with E-state index in [1.807, 2.05) is 51.1 Å². The summed E-state index contributed by atoms with van der Waals surface area (Å²) in [6, 6.07) is 9.91. The van der Waals surface area contributed by atoms with Gasteiger partial charge in [0.05, 0.1) is 18.3 Å². The molecule has 6 nitrogen and oxygen atoms in total. The van der Waals surface area contributed by atoms with E-state index in [-0.39, 0.29) is 24.2 Å². The predicted octanol–water partition coefficient (Wildman–Crippen LogP) is 1.85. The van der Waals surface area contributed by atoms with Crippen molar-refractivity contribution in [2.75, 3.05) is 6.54 Å². The molecule has 0 saturated carbocycles. The molecule has 1 heterocycles. The van der Waals surface area contributed by atoms with Crippen molar-refractivity contribution >= 4 is 18.3 Å². The molecule has 3 N–H and O–H groups in total. The van der Waals surface area contributed by atoms with Crippen LogP contribution in [0.1, 0.15) is 36.8 Å². The largest absolute Gasteiger partial charge is 0.344 e. The number of rotatable bonds is 6. The topological polar surface area (TPSA) is 85.8 Å². The smallest absolute Gasteiger partial charge is 0.273 e. The lowest BCUT2D eigenvalue weighted by Gasteiger charge is -2.33. The number of nitrogens with two attached hydrogens (primary N) is 1. The van der Waals surface area contributed by atoms with E-state index >= 15 is 0 Å². The second-order valence-corrected chi connectivity index (χ2v) is 6.02. The molecule has 1 aromatic carbocycles. The summed E-state index contributed by atoms with van der Waals surface area (Å²) in [6.07, 6.45) is 1.65. The van der Waals surface area contributed by atoms with Gasteiger partial charge in [-0.15, -0.1) is 17.5 Å². The molecular formula is C16H24ClN5O. The van der Waals surface area contributed by atoms with E-state index in [1.165, 1.54) is 0 Å². The summed E-state index contributed by atoms with van der Waals surface area (Å²) >= 11 is 0. The Hall–Kier alpha value is -1.92. The first-order valence-electron chi connectivity index (χ1n) is 7.41. The lowest BCUT2D eigenvalue weighted by atomic mass is 9.88. The molecule has 2 rings (SSSR count). The van der Waals surface area contributed by atoms with E-state index in [0.29, 0.717) is 18.8 Å². The summed E-state index contributed by atoms with van der Waals surface area (Å²) in [7, 11) is 0. The number of amides is 1. The molecule has 1 atom stereocenters. The van der Waals surface area contributed by atoms with Crippen molar-refractivity contribution in [3.63, 3.8) is 0 Å². The van der Waals surface area contributed by atoms with E-state index in [9.17, 15) is 4.79 Å². The zero-order valence-corrected chi connectivity index (χ0v) is 14.5. The third-order valence-electron chi connectivity index (χ3n) is 4.06. The van der Waals surface area contributed by atoms with Gasteiger partial charge in [0.1, 0.15) is 0 Å². The number of carbonyl (C=O) groups is 1. The molecule has 0 aliphatic rings. The molecule has 1 aromatic heterocycles. The molecule has 126 valence electrons. The first-order valence-corrected chi connectivity index (χ1v) is 7.41. The Kier molecular flexibility index (Phi) is 6.72. The van der Waals surface area contributed by atoms with Gasteiger partial charge in [0, 0.05) is 6.54 Å². The van der Waals surface area contributed by atoms with Gasteiger partial charge in [-0.2, -0.15) is 0 Å². The summed E-state index contributed by atoms with van der Waals surface area (Å²) < 4.78 is 1.65. The summed E-state index contributed by atoms with van der Waals surface area (Å²) in [5, 5.41) is 10.9. The van der Waals surface area contributed by atoms with Gasteiger partial charge in [-0.25, -0.2) is 4.68 Å². The van der Waals surface area contributed by atoms with Gasteiger partial charge in [-0.1, -0.05) is 49.4 Å². The van der Waals surface area contributed by atoms with Crippen molar-refractivity contribution in [2.24, 2.45) is 11.7 Å². The van der Waals surface area contributed by atoms with Crippen LogP contribution in [0, 0.1) is 5.92 Å². The zero-order chi connectivity index (χ0) is 16.2. The second kappa shape index (κ2) is 8.08. The first-order chi connectivity index (χ1) is 10.4. The number of nitrogens with zero attached hydrogens (tertiary/aromatic N) is 3.